The fourth-order valence-electron chi connectivity index (χ4n) is 1.75. The number of nitrogens with one attached hydrogen (secondary N) is 1. The zero-order chi connectivity index (χ0) is 11.9. The van der Waals surface area contributed by atoms with Crippen molar-refractivity contribution >= 4 is 17.8 Å². The molecule has 94 valence electrons. The molecule has 1 aromatic heterocycles. The minimum Gasteiger partial charge on any atom is -0.338 e. The number of nitrogens with zero attached hydrogens (tertiary/aromatic N) is 3. The van der Waals surface area contributed by atoms with Crippen molar-refractivity contribution in [3.8, 4) is 0 Å². The highest BCUT2D eigenvalue weighted by Gasteiger charge is 2.15. The third-order valence-electron chi connectivity index (χ3n) is 2.73. The molecule has 1 aliphatic rings. The molecule has 6 heteroatoms. The van der Waals surface area contributed by atoms with E-state index in [0.717, 1.165) is 44.1 Å². The van der Waals surface area contributed by atoms with Crippen LogP contribution in [0.1, 0.15) is 6.42 Å². The van der Waals surface area contributed by atoms with E-state index in [1.165, 1.54) is 0 Å². The molecule has 0 radical (unpaired) electrons. The van der Waals surface area contributed by atoms with Gasteiger partial charge in [-0.05, 0) is 6.42 Å². The molecule has 0 bridgehead atoms. The number of hydrogen-bond donors (Lipinski definition) is 1. The van der Waals surface area contributed by atoms with Crippen molar-refractivity contribution in [3.63, 3.8) is 0 Å². The second-order valence-electron chi connectivity index (χ2n) is 3.99. The molecule has 0 atom stereocenters. The molecule has 2 rings (SSSR count). The van der Waals surface area contributed by atoms with Crippen LogP contribution in [-0.4, -0.2) is 51.6 Å². The van der Waals surface area contributed by atoms with Gasteiger partial charge in [-0.1, -0.05) is 0 Å². The van der Waals surface area contributed by atoms with Crippen molar-refractivity contribution in [2.45, 2.75) is 13.0 Å². The van der Waals surface area contributed by atoms with Gasteiger partial charge in [-0.25, -0.2) is 9.78 Å². The number of amides is 2. The van der Waals surface area contributed by atoms with Gasteiger partial charge < -0.3 is 14.8 Å². The monoisotopic (exact) mass is 254 g/mol. The molecule has 0 unspecified atom stereocenters. The van der Waals surface area contributed by atoms with Crippen molar-refractivity contribution in [1.29, 1.82) is 0 Å². The Morgan fingerprint density at radius 1 is 1.41 bits per heavy atom. The number of carbonyl (C=O) groups excluding carboxylic acids is 1. The van der Waals surface area contributed by atoms with Crippen molar-refractivity contribution in [1.82, 2.24) is 19.8 Å². The normalized spacial score (nSPS) is 15.9. The lowest BCUT2D eigenvalue weighted by atomic mass is 10.4. The number of rotatable bonds is 4. The van der Waals surface area contributed by atoms with Gasteiger partial charge >= 0.3 is 6.03 Å². The predicted octanol–water partition coefficient (Wildman–Crippen LogP) is 1.03. The Bertz CT molecular complexity index is 335. The maximum Gasteiger partial charge on any atom is 0.317 e. The van der Waals surface area contributed by atoms with Gasteiger partial charge in [0.15, 0.2) is 0 Å². The summed E-state index contributed by atoms with van der Waals surface area (Å²) in [5.41, 5.74) is 0. The molecule has 1 aromatic rings. The maximum absolute atomic E-state index is 11.7. The summed E-state index contributed by atoms with van der Waals surface area (Å²) in [5, 5.41) is 2.96. The largest absolute Gasteiger partial charge is 0.338 e. The summed E-state index contributed by atoms with van der Waals surface area (Å²) in [6.07, 6.45) is 6.43. The summed E-state index contributed by atoms with van der Waals surface area (Å²) in [6, 6.07) is 0.0796. The van der Waals surface area contributed by atoms with E-state index in [9.17, 15) is 4.79 Å². The molecule has 1 saturated heterocycles. The van der Waals surface area contributed by atoms with E-state index in [1.54, 1.807) is 12.5 Å². The summed E-state index contributed by atoms with van der Waals surface area (Å²) in [6.45, 7) is 3.37. The van der Waals surface area contributed by atoms with E-state index in [1.807, 2.05) is 27.4 Å². The number of carbonyl (C=O) groups is 1. The van der Waals surface area contributed by atoms with Gasteiger partial charge in [0.25, 0.3) is 0 Å². The fraction of sp³-hybridized carbons (Fsp3) is 0.636. The lowest BCUT2D eigenvalue weighted by Gasteiger charge is -2.26. The van der Waals surface area contributed by atoms with Gasteiger partial charge in [0.05, 0.1) is 6.33 Å². The molecule has 2 amide bonds. The molecule has 17 heavy (non-hydrogen) atoms. The highest BCUT2D eigenvalue weighted by Crippen LogP contribution is 2.08. The third kappa shape index (κ3) is 3.96. The van der Waals surface area contributed by atoms with Crippen LogP contribution in [0.4, 0.5) is 4.79 Å². The zero-order valence-corrected chi connectivity index (χ0v) is 10.7. The number of hydrogen-bond acceptors (Lipinski definition) is 3. The minimum absolute atomic E-state index is 0.0796. The van der Waals surface area contributed by atoms with Gasteiger partial charge in [-0.15, -0.1) is 0 Å². The first-order chi connectivity index (χ1) is 8.36. The Balaban J connectivity index is 1.59. The van der Waals surface area contributed by atoms with Crippen LogP contribution in [-0.2, 0) is 6.54 Å². The molecular weight excluding hydrogens is 236 g/mol. The van der Waals surface area contributed by atoms with E-state index >= 15 is 0 Å². The fourth-order valence-corrected chi connectivity index (χ4v) is 2.66. The first-order valence-corrected chi connectivity index (χ1v) is 7.08. The van der Waals surface area contributed by atoms with Gasteiger partial charge in [-0.2, -0.15) is 11.8 Å². The zero-order valence-electron chi connectivity index (χ0n) is 9.84. The summed E-state index contributed by atoms with van der Waals surface area (Å²) < 4.78 is 2.02. The van der Waals surface area contributed by atoms with E-state index in [0.29, 0.717) is 0 Å². The second-order valence-corrected chi connectivity index (χ2v) is 5.21. The van der Waals surface area contributed by atoms with Crippen LogP contribution in [0, 0.1) is 0 Å². The standard InChI is InChI=1S/C11H18N4OS/c16-11(15-6-8-17-9-7-15)13-2-1-4-14-5-3-12-10-14/h3,5,10H,1-2,4,6-9H2,(H,13,16). The summed E-state index contributed by atoms with van der Waals surface area (Å²) in [4.78, 5) is 17.6. The highest BCUT2D eigenvalue weighted by molar-refractivity contribution is 7.99. The first-order valence-electron chi connectivity index (χ1n) is 5.92. The summed E-state index contributed by atoms with van der Waals surface area (Å²) in [7, 11) is 0. The van der Waals surface area contributed by atoms with E-state index in [-0.39, 0.29) is 6.03 Å². The maximum atomic E-state index is 11.7. The van der Waals surface area contributed by atoms with E-state index in [2.05, 4.69) is 10.3 Å². The number of aryl methyl sites for hydroxylation is 1. The molecule has 0 spiro atoms. The van der Waals surface area contributed by atoms with Crippen LogP contribution in [0.5, 0.6) is 0 Å². The molecule has 2 heterocycles. The number of aromatic nitrogens is 2. The van der Waals surface area contributed by atoms with Crippen LogP contribution in [0.2, 0.25) is 0 Å². The van der Waals surface area contributed by atoms with Crippen molar-refractivity contribution < 1.29 is 4.79 Å². The summed E-state index contributed by atoms with van der Waals surface area (Å²) in [5.74, 6) is 2.12. The number of thioether (sulfide) groups is 1. The molecule has 0 aromatic carbocycles. The van der Waals surface area contributed by atoms with Crippen LogP contribution < -0.4 is 5.32 Å². The SMILES string of the molecule is O=C(NCCCn1ccnc1)N1CCSCC1. The van der Waals surface area contributed by atoms with Crippen LogP contribution in [0.25, 0.3) is 0 Å². The summed E-state index contributed by atoms with van der Waals surface area (Å²) >= 11 is 1.91. The number of urea groups is 1. The molecule has 1 aliphatic heterocycles. The molecular formula is C11H18N4OS. The predicted molar refractivity (Wildman–Crippen MR) is 69.1 cm³/mol. The van der Waals surface area contributed by atoms with Gasteiger partial charge in [0, 0.05) is 50.1 Å². The van der Waals surface area contributed by atoms with Gasteiger partial charge in [0.1, 0.15) is 0 Å². The van der Waals surface area contributed by atoms with E-state index in [4.69, 9.17) is 0 Å². The Labute approximate surface area is 106 Å². The second kappa shape index (κ2) is 6.54. The first kappa shape index (κ1) is 12.3. The van der Waals surface area contributed by atoms with Crippen LogP contribution in [0.3, 0.4) is 0 Å². The third-order valence-corrected chi connectivity index (χ3v) is 3.67. The van der Waals surface area contributed by atoms with Crippen LogP contribution >= 0.6 is 11.8 Å². The smallest absolute Gasteiger partial charge is 0.317 e. The topological polar surface area (TPSA) is 50.2 Å². The van der Waals surface area contributed by atoms with Gasteiger partial charge in [-0.3, -0.25) is 0 Å². The average molecular weight is 254 g/mol. The van der Waals surface area contributed by atoms with Crippen molar-refractivity contribution in [2.24, 2.45) is 0 Å². The molecule has 0 aliphatic carbocycles. The Hall–Kier alpha value is -1.17. The minimum atomic E-state index is 0.0796. The Kier molecular flexibility index (Phi) is 4.73. The van der Waals surface area contributed by atoms with Crippen molar-refractivity contribution in [2.75, 3.05) is 31.1 Å². The quantitative estimate of drug-likeness (QED) is 0.817. The van der Waals surface area contributed by atoms with E-state index < -0.39 is 0 Å². The Morgan fingerprint density at radius 3 is 2.94 bits per heavy atom. The Morgan fingerprint density at radius 2 is 2.24 bits per heavy atom. The lowest BCUT2D eigenvalue weighted by molar-refractivity contribution is 0.203. The molecule has 1 N–H and O–H groups in total. The molecule has 1 fully saturated rings. The molecule has 5 nitrogen and oxygen atoms in total. The number of imidazole rings is 1. The average Bonchev–Trinajstić information content (AvgIpc) is 2.88. The molecule has 0 saturated carbocycles. The highest BCUT2D eigenvalue weighted by atomic mass is 32.2. The van der Waals surface area contributed by atoms with Crippen LogP contribution in [0.15, 0.2) is 18.7 Å². The van der Waals surface area contributed by atoms with Gasteiger partial charge in [0.2, 0.25) is 0 Å². The van der Waals surface area contributed by atoms with Crippen molar-refractivity contribution in [3.05, 3.63) is 18.7 Å². The lowest BCUT2D eigenvalue weighted by Crippen LogP contribution is -2.44.